The number of aromatic nitrogens is 1. The van der Waals surface area contributed by atoms with Gasteiger partial charge in [-0.2, -0.15) is 0 Å². The highest BCUT2D eigenvalue weighted by molar-refractivity contribution is 7.20. The number of anilines is 1. The lowest BCUT2D eigenvalue weighted by atomic mass is 9.95. The van der Waals surface area contributed by atoms with Gasteiger partial charge in [0.05, 0.1) is 14.9 Å². The van der Waals surface area contributed by atoms with E-state index in [-0.39, 0.29) is 17.7 Å². The zero-order valence-corrected chi connectivity index (χ0v) is 18.2. The van der Waals surface area contributed by atoms with E-state index in [9.17, 15) is 9.59 Å². The summed E-state index contributed by atoms with van der Waals surface area (Å²) in [7, 11) is 0. The van der Waals surface area contributed by atoms with E-state index in [0.29, 0.717) is 35.4 Å². The third kappa shape index (κ3) is 4.52. The average molecular weight is 446 g/mol. The summed E-state index contributed by atoms with van der Waals surface area (Å²) in [5, 5.41) is 5.44. The molecule has 29 heavy (non-hydrogen) atoms. The summed E-state index contributed by atoms with van der Waals surface area (Å²) in [6, 6.07) is 11.4. The predicted octanol–water partition coefficient (Wildman–Crippen LogP) is 5.32. The van der Waals surface area contributed by atoms with Gasteiger partial charge >= 0.3 is 0 Å². The van der Waals surface area contributed by atoms with Gasteiger partial charge in [-0.15, -0.1) is 22.7 Å². The van der Waals surface area contributed by atoms with E-state index in [1.54, 1.807) is 0 Å². The zero-order valence-electron chi connectivity index (χ0n) is 15.9. The molecule has 2 aromatic heterocycles. The second-order valence-corrected chi connectivity index (χ2v) is 9.59. The number of carbonyl (C=O) groups excluding carboxylic acids is 2. The van der Waals surface area contributed by atoms with Crippen molar-refractivity contribution in [2.24, 2.45) is 5.92 Å². The molecule has 2 amide bonds. The van der Waals surface area contributed by atoms with Crippen LogP contribution in [0.15, 0.2) is 41.8 Å². The van der Waals surface area contributed by atoms with Gasteiger partial charge < -0.3 is 10.2 Å². The van der Waals surface area contributed by atoms with Crippen molar-refractivity contribution < 1.29 is 9.59 Å². The van der Waals surface area contributed by atoms with E-state index >= 15 is 0 Å². The number of nitrogens with zero attached hydrogens (tertiary/aromatic N) is 2. The van der Waals surface area contributed by atoms with Crippen LogP contribution < -0.4 is 5.32 Å². The fourth-order valence-electron chi connectivity index (χ4n) is 3.43. The Morgan fingerprint density at radius 3 is 2.62 bits per heavy atom. The van der Waals surface area contributed by atoms with Gasteiger partial charge in [-0.1, -0.05) is 29.8 Å². The van der Waals surface area contributed by atoms with Gasteiger partial charge in [-0.3, -0.25) is 9.59 Å². The molecular formula is C21H20ClN3O2S2. The Morgan fingerprint density at radius 2 is 1.93 bits per heavy atom. The number of hydrogen-bond donors (Lipinski definition) is 1. The molecule has 0 atom stereocenters. The van der Waals surface area contributed by atoms with Gasteiger partial charge in [-0.05, 0) is 43.5 Å². The number of benzene rings is 1. The molecule has 150 valence electrons. The molecule has 0 saturated carbocycles. The van der Waals surface area contributed by atoms with E-state index in [2.05, 4.69) is 10.3 Å². The molecule has 5 nitrogen and oxygen atoms in total. The number of likely N-dealkylation sites (tertiary alicyclic amines) is 1. The number of rotatable bonds is 4. The third-order valence-corrected chi connectivity index (χ3v) is 7.10. The van der Waals surface area contributed by atoms with Crippen molar-refractivity contribution in [1.29, 1.82) is 0 Å². The molecule has 8 heteroatoms. The van der Waals surface area contributed by atoms with Crippen molar-refractivity contribution in [2.75, 3.05) is 18.4 Å². The summed E-state index contributed by atoms with van der Waals surface area (Å²) in [4.78, 5) is 32.7. The summed E-state index contributed by atoms with van der Waals surface area (Å²) in [5.74, 6) is -0.0984. The van der Waals surface area contributed by atoms with Crippen molar-refractivity contribution >= 4 is 51.2 Å². The van der Waals surface area contributed by atoms with Crippen LogP contribution in [-0.4, -0.2) is 34.8 Å². The van der Waals surface area contributed by atoms with Gasteiger partial charge in [0.2, 0.25) is 5.91 Å². The lowest BCUT2D eigenvalue weighted by molar-refractivity contribution is -0.121. The first-order chi connectivity index (χ1) is 14.0. The standard InChI is InChI=1S/C21H20ClN3O2S2/c1-13-4-2-3-5-15(13)20(27)25-10-8-14(9-11-25)19(26)24-21-23-16(12-28-21)17-6-7-18(22)29-17/h2-7,12,14H,8-11H2,1H3,(H,23,24,26). The Hall–Kier alpha value is -2.22. The number of nitrogens with one attached hydrogen (secondary N) is 1. The molecule has 0 radical (unpaired) electrons. The number of amides is 2. The van der Waals surface area contributed by atoms with Gasteiger partial charge in [-0.25, -0.2) is 4.98 Å². The van der Waals surface area contributed by atoms with Crippen molar-refractivity contribution in [2.45, 2.75) is 19.8 Å². The monoisotopic (exact) mass is 445 g/mol. The summed E-state index contributed by atoms with van der Waals surface area (Å²) in [6.45, 7) is 3.12. The number of thiophene rings is 1. The van der Waals surface area contributed by atoms with Crippen LogP contribution in [0.4, 0.5) is 5.13 Å². The van der Waals surface area contributed by atoms with Gasteiger partial charge in [0.25, 0.3) is 5.91 Å². The topological polar surface area (TPSA) is 62.3 Å². The SMILES string of the molecule is Cc1ccccc1C(=O)N1CCC(C(=O)Nc2nc(-c3ccc(Cl)s3)cs2)CC1. The maximum Gasteiger partial charge on any atom is 0.254 e. The van der Waals surface area contributed by atoms with E-state index in [4.69, 9.17) is 11.6 Å². The number of halogens is 1. The van der Waals surface area contributed by atoms with Crippen LogP contribution in [-0.2, 0) is 4.79 Å². The zero-order chi connectivity index (χ0) is 20.4. The molecule has 1 saturated heterocycles. The Balaban J connectivity index is 1.33. The molecule has 0 bridgehead atoms. The summed E-state index contributed by atoms with van der Waals surface area (Å²) in [6.07, 6.45) is 1.31. The van der Waals surface area contributed by atoms with Gasteiger partial charge in [0.15, 0.2) is 5.13 Å². The first kappa shape index (κ1) is 20.1. The molecule has 1 N–H and O–H groups in total. The van der Waals surface area contributed by atoms with Crippen LogP contribution >= 0.6 is 34.3 Å². The first-order valence-electron chi connectivity index (χ1n) is 9.38. The lowest BCUT2D eigenvalue weighted by Gasteiger charge is -2.31. The van der Waals surface area contributed by atoms with E-state index in [1.807, 2.05) is 53.6 Å². The van der Waals surface area contributed by atoms with Crippen LogP contribution in [0.3, 0.4) is 0 Å². The average Bonchev–Trinajstić information content (AvgIpc) is 3.37. The Morgan fingerprint density at radius 1 is 1.17 bits per heavy atom. The highest BCUT2D eigenvalue weighted by Gasteiger charge is 2.28. The van der Waals surface area contributed by atoms with Crippen molar-refractivity contribution in [1.82, 2.24) is 9.88 Å². The van der Waals surface area contributed by atoms with Crippen LogP contribution in [0.5, 0.6) is 0 Å². The molecular weight excluding hydrogens is 426 g/mol. The molecule has 1 aliphatic rings. The molecule has 1 aliphatic heterocycles. The fourth-order valence-corrected chi connectivity index (χ4v) is 5.22. The smallest absolute Gasteiger partial charge is 0.254 e. The van der Waals surface area contributed by atoms with Crippen LogP contribution in [0.25, 0.3) is 10.6 Å². The molecule has 0 aliphatic carbocycles. The van der Waals surface area contributed by atoms with Crippen LogP contribution in [0, 0.1) is 12.8 Å². The lowest BCUT2D eigenvalue weighted by Crippen LogP contribution is -2.41. The van der Waals surface area contributed by atoms with E-state index < -0.39 is 0 Å². The summed E-state index contributed by atoms with van der Waals surface area (Å²) >= 11 is 8.85. The highest BCUT2D eigenvalue weighted by atomic mass is 35.5. The minimum absolute atomic E-state index is 0.0295. The molecule has 4 rings (SSSR count). The maximum absolute atomic E-state index is 12.7. The van der Waals surface area contributed by atoms with Crippen molar-refractivity contribution in [3.05, 3.63) is 57.2 Å². The van der Waals surface area contributed by atoms with Gasteiger partial charge in [0.1, 0.15) is 0 Å². The molecule has 1 fully saturated rings. The largest absolute Gasteiger partial charge is 0.339 e. The Bertz CT molecular complexity index is 1040. The van der Waals surface area contributed by atoms with E-state index in [0.717, 1.165) is 21.7 Å². The van der Waals surface area contributed by atoms with Crippen molar-refractivity contribution in [3.63, 3.8) is 0 Å². The fraction of sp³-hybridized carbons (Fsp3) is 0.286. The Kier molecular flexibility index (Phi) is 5.99. The predicted molar refractivity (Wildman–Crippen MR) is 119 cm³/mol. The number of carbonyl (C=O) groups is 2. The molecule has 0 unspecified atom stereocenters. The molecule has 3 aromatic rings. The third-order valence-electron chi connectivity index (χ3n) is 5.09. The number of thiazole rings is 1. The minimum Gasteiger partial charge on any atom is -0.339 e. The molecule has 0 spiro atoms. The first-order valence-corrected chi connectivity index (χ1v) is 11.5. The van der Waals surface area contributed by atoms with Crippen molar-refractivity contribution in [3.8, 4) is 10.6 Å². The molecule has 1 aromatic carbocycles. The molecule has 3 heterocycles. The number of hydrogen-bond acceptors (Lipinski definition) is 5. The highest BCUT2D eigenvalue weighted by Crippen LogP contribution is 2.33. The second kappa shape index (κ2) is 8.65. The quantitative estimate of drug-likeness (QED) is 0.590. The number of piperidine rings is 1. The summed E-state index contributed by atoms with van der Waals surface area (Å²) in [5.41, 5.74) is 2.53. The minimum atomic E-state index is -0.112. The normalized spacial score (nSPS) is 14.8. The van der Waals surface area contributed by atoms with Gasteiger partial charge in [0, 0.05) is 30.0 Å². The second-order valence-electron chi connectivity index (χ2n) is 7.01. The van der Waals surface area contributed by atoms with Crippen LogP contribution in [0.1, 0.15) is 28.8 Å². The van der Waals surface area contributed by atoms with E-state index in [1.165, 1.54) is 22.7 Å². The number of aryl methyl sites for hydroxylation is 1. The Labute approximate surface area is 182 Å². The van der Waals surface area contributed by atoms with Crippen LogP contribution in [0.2, 0.25) is 4.34 Å². The maximum atomic E-state index is 12.7. The summed E-state index contributed by atoms with van der Waals surface area (Å²) < 4.78 is 0.714.